The van der Waals surface area contributed by atoms with Gasteiger partial charge in [0.2, 0.25) is 0 Å². The third-order valence-electron chi connectivity index (χ3n) is 6.41. The lowest BCUT2D eigenvalue weighted by molar-refractivity contribution is -0.176. The third-order valence-corrected chi connectivity index (χ3v) is 6.41. The Hall–Kier alpha value is -4.19. The van der Waals surface area contributed by atoms with E-state index in [4.69, 9.17) is 28.4 Å². The number of carbonyl (C=O) groups excluding carboxylic acids is 4. The molecule has 0 saturated carbocycles. The van der Waals surface area contributed by atoms with Crippen LogP contribution in [0, 0.1) is 11.8 Å². The summed E-state index contributed by atoms with van der Waals surface area (Å²) >= 11 is 0. The van der Waals surface area contributed by atoms with Crippen LogP contribution in [0.5, 0.6) is 11.5 Å². The van der Waals surface area contributed by atoms with Gasteiger partial charge in [-0.25, -0.2) is 9.78 Å². The largest absolute Gasteiger partial charge is 0.493 e. The molecule has 1 aliphatic heterocycles. The molecule has 2 aromatic rings. The van der Waals surface area contributed by atoms with E-state index < -0.39 is 60.5 Å². The van der Waals surface area contributed by atoms with Crippen LogP contribution in [0.1, 0.15) is 50.2 Å². The highest BCUT2D eigenvalue weighted by molar-refractivity contribution is 5.98. The van der Waals surface area contributed by atoms with Crippen LogP contribution >= 0.6 is 0 Å². The van der Waals surface area contributed by atoms with Crippen molar-refractivity contribution in [3.05, 3.63) is 53.9 Å². The van der Waals surface area contributed by atoms with Crippen molar-refractivity contribution in [3.8, 4) is 11.5 Å². The molecule has 42 heavy (non-hydrogen) atoms. The first-order valence-corrected chi connectivity index (χ1v) is 13.8. The van der Waals surface area contributed by atoms with Crippen molar-refractivity contribution in [3.63, 3.8) is 0 Å². The van der Waals surface area contributed by atoms with Crippen LogP contribution in [0.15, 0.2) is 42.6 Å². The molecule has 4 unspecified atom stereocenters. The lowest BCUT2D eigenvalue weighted by Crippen LogP contribution is -2.47. The van der Waals surface area contributed by atoms with E-state index in [-0.39, 0.29) is 30.4 Å². The van der Waals surface area contributed by atoms with Crippen LogP contribution in [-0.4, -0.2) is 74.2 Å². The van der Waals surface area contributed by atoms with Crippen molar-refractivity contribution in [2.45, 2.75) is 58.8 Å². The Balaban J connectivity index is 1.85. The van der Waals surface area contributed by atoms with Crippen molar-refractivity contribution in [1.82, 2.24) is 10.3 Å². The number of nitrogens with zero attached hydrogens (tertiary/aromatic N) is 1. The van der Waals surface area contributed by atoms with E-state index in [1.165, 1.54) is 26.3 Å². The van der Waals surface area contributed by atoms with E-state index in [1.807, 2.05) is 37.3 Å². The molecule has 1 aliphatic rings. The highest BCUT2D eigenvalue weighted by atomic mass is 16.7. The molecule has 2 heterocycles. The number of aromatic nitrogens is 1. The van der Waals surface area contributed by atoms with Gasteiger partial charge in [0.1, 0.15) is 18.6 Å². The summed E-state index contributed by atoms with van der Waals surface area (Å²) in [5.41, 5.74) is 0.624. The zero-order valence-corrected chi connectivity index (χ0v) is 24.5. The van der Waals surface area contributed by atoms with E-state index >= 15 is 0 Å². The number of benzene rings is 1. The molecule has 1 N–H and O–H groups in total. The minimum atomic E-state index is -1.39. The van der Waals surface area contributed by atoms with E-state index in [9.17, 15) is 19.2 Å². The van der Waals surface area contributed by atoms with E-state index in [0.29, 0.717) is 6.61 Å². The molecule has 12 heteroatoms. The molecule has 1 amide bonds. The van der Waals surface area contributed by atoms with Crippen LogP contribution in [0.2, 0.25) is 0 Å². The average Bonchev–Trinajstić information content (AvgIpc) is 3.01. The highest BCUT2D eigenvalue weighted by Gasteiger charge is 2.42. The van der Waals surface area contributed by atoms with Gasteiger partial charge in [-0.05, 0) is 25.3 Å². The topological polar surface area (TPSA) is 149 Å². The van der Waals surface area contributed by atoms with E-state index in [0.717, 1.165) is 12.0 Å². The summed E-state index contributed by atoms with van der Waals surface area (Å²) in [7, 11) is 1.40. The summed E-state index contributed by atoms with van der Waals surface area (Å²) in [4.78, 5) is 56.6. The zero-order chi connectivity index (χ0) is 30.6. The molecule has 228 valence electrons. The zero-order valence-electron chi connectivity index (χ0n) is 24.5. The number of ether oxygens (including phenoxy) is 6. The fraction of sp³-hybridized carbons (Fsp3) is 0.500. The second-order valence-corrected chi connectivity index (χ2v) is 10.0. The third kappa shape index (κ3) is 8.65. The first-order valence-electron chi connectivity index (χ1n) is 13.8. The number of cyclic esters (lactones) is 2. The average molecular weight is 587 g/mol. The lowest BCUT2D eigenvalue weighted by Gasteiger charge is -2.29. The van der Waals surface area contributed by atoms with Gasteiger partial charge < -0.3 is 33.7 Å². The maximum absolute atomic E-state index is 13.4. The quantitative estimate of drug-likeness (QED) is 0.169. The van der Waals surface area contributed by atoms with Gasteiger partial charge in [0.15, 0.2) is 36.1 Å². The smallest absolute Gasteiger partial charge is 0.332 e. The summed E-state index contributed by atoms with van der Waals surface area (Å²) in [5.74, 6) is -4.17. The number of rotatable bonds is 12. The maximum Gasteiger partial charge on any atom is 0.332 e. The molecular formula is C30H38N2O10. The summed E-state index contributed by atoms with van der Waals surface area (Å²) < 4.78 is 33.1. The molecule has 3 rings (SSSR count). The second kappa shape index (κ2) is 15.7. The standard InChI is InChI=1S/C30H38N2O10/c1-6-14-38-17-40-26-23(37-5)12-13-31-24(26)27(33)32-22-16-39-29(35)21(15-20-10-8-7-9-11-20)25(19(4)41-30(22)36)42-28(34)18(2)3/h7-13,18-19,21-22,25H,6,14-17H2,1-5H3,(H,32,33). The maximum atomic E-state index is 13.4. The SMILES string of the molecule is CCCOCOc1c(OC)ccnc1C(=O)NC1COC(=O)C(Cc2ccccc2)C(OC(=O)C(C)C)C(C)OC1=O. The number of hydrogen-bond acceptors (Lipinski definition) is 11. The normalized spacial score (nSPS) is 20.8. The van der Waals surface area contributed by atoms with Crippen molar-refractivity contribution >= 4 is 23.8 Å². The number of esters is 3. The predicted octanol–water partition coefficient (Wildman–Crippen LogP) is 2.87. The highest BCUT2D eigenvalue weighted by Crippen LogP contribution is 2.30. The summed E-state index contributed by atoms with van der Waals surface area (Å²) in [6.45, 7) is 6.54. The first kappa shape index (κ1) is 32.3. The molecule has 0 bridgehead atoms. The number of pyridine rings is 1. The van der Waals surface area contributed by atoms with Gasteiger partial charge in [0.25, 0.3) is 5.91 Å². The van der Waals surface area contributed by atoms with Crippen molar-refractivity contribution in [2.75, 3.05) is 27.1 Å². The molecular weight excluding hydrogens is 548 g/mol. The molecule has 0 radical (unpaired) electrons. The number of carbonyl (C=O) groups is 4. The molecule has 0 spiro atoms. The van der Waals surface area contributed by atoms with Gasteiger partial charge >= 0.3 is 17.9 Å². The fourth-order valence-electron chi connectivity index (χ4n) is 4.17. The van der Waals surface area contributed by atoms with Crippen LogP contribution in [-0.2, 0) is 39.8 Å². The number of methoxy groups -OCH3 is 1. The minimum Gasteiger partial charge on any atom is -0.493 e. The number of amides is 1. The molecule has 1 aromatic heterocycles. The monoisotopic (exact) mass is 586 g/mol. The van der Waals surface area contributed by atoms with Crippen molar-refractivity contribution in [2.24, 2.45) is 11.8 Å². The van der Waals surface area contributed by atoms with Crippen LogP contribution < -0.4 is 14.8 Å². The molecule has 1 saturated heterocycles. The Morgan fingerprint density at radius 2 is 1.86 bits per heavy atom. The molecule has 12 nitrogen and oxygen atoms in total. The summed E-state index contributed by atoms with van der Waals surface area (Å²) in [5, 5.41) is 2.52. The van der Waals surface area contributed by atoms with Gasteiger partial charge in [-0.15, -0.1) is 0 Å². The Morgan fingerprint density at radius 3 is 2.52 bits per heavy atom. The Kier molecular flexibility index (Phi) is 12.1. The van der Waals surface area contributed by atoms with Gasteiger partial charge in [0, 0.05) is 12.3 Å². The predicted molar refractivity (Wildman–Crippen MR) is 149 cm³/mol. The van der Waals surface area contributed by atoms with Gasteiger partial charge in [-0.3, -0.25) is 14.4 Å². The second-order valence-electron chi connectivity index (χ2n) is 10.0. The minimum absolute atomic E-state index is 0.0130. The summed E-state index contributed by atoms with van der Waals surface area (Å²) in [6.07, 6.45) is 0.117. The molecule has 1 fully saturated rings. The van der Waals surface area contributed by atoms with Crippen molar-refractivity contribution in [1.29, 1.82) is 0 Å². The number of hydrogen-bond donors (Lipinski definition) is 1. The first-order chi connectivity index (χ1) is 20.2. The van der Waals surface area contributed by atoms with Gasteiger partial charge in [-0.2, -0.15) is 0 Å². The van der Waals surface area contributed by atoms with Gasteiger partial charge in [-0.1, -0.05) is 51.1 Å². The van der Waals surface area contributed by atoms with Crippen molar-refractivity contribution < 1.29 is 47.6 Å². The van der Waals surface area contributed by atoms with Crippen LogP contribution in [0.4, 0.5) is 0 Å². The Morgan fingerprint density at radius 1 is 1.12 bits per heavy atom. The fourth-order valence-corrected chi connectivity index (χ4v) is 4.17. The van der Waals surface area contributed by atoms with E-state index in [2.05, 4.69) is 10.3 Å². The number of nitrogens with one attached hydrogen (secondary N) is 1. The van der Waals surface area contributed by atoms with Crippen LogP contribution in [0.25, 0.3) is 0 Å². The molecule has 0 aliphatic carbocycles. The van der Waals surface area contributed by atoms with Crippen LogP contribution in [0.3, 0.4) is 0 Å². The lowest BCUT2D eigenvalue weighted by atomic mass is 9.91. The summed E-state index contributed by atoms with van der Waals surface area (Å²) in [6, 6.07) is 9.25. The van der Waals surface area contributed by atoms with E-state index in [1.54, 1.807) is 13.8 Å². The molecule has 4 atom stereocenters. The Bertz CT molecular complexity index is 1220. The Labute approximate surface area is 245 Å². The molecule has 1 aromatic carbocycles. The van der Waals surface area contributed by atoms with Gasteiger partial charge in [0.05, 0.1) is 19.6 Å².